The number of esters is 1. The summed E-state index contributed by atoms with van der Waals surface area (Å²) in [5, 5.41) is 3.07. The Balaban J connectivity index is 2.94. The lowest BCUT2D eigenvalue weighted by atomic mass is 10.1. The van der Waals surface area contributed by atoms with E-state index in [1.807, 2.05) is 26.1 Å². The van der Waals surface area contributed by atoms with Crippen LogP contribution < -0.4 is 14.8 Å². The fourth-order valence-electron chi connectivity index (χ4n) is 1.79. The normalized spacial score (nSPS) is 11.8. The first-order valence-electron chi connectivity index (χ1n) is 6.81. The van der Waals surface area contributed by atoms with Gasteiger partial charge in [-0.1, -0.05) is 13.0 Å². The van der Waals surface area contributed by atoms with Gasteiger partial charge in [0.15, 0.2) is 6.10 Å². The van der Waals surface area contributed by atoms with E-state index in [2.05, 4.69) is 5.32 Å². The number of methoxy groups -OCH3 is 1. The van der Waals surface area contributed by atoms with Crippen LogP contribution in [0.15, 0.2) is 18.2 Å². The van der Waals surface area contributed by atoms with Gasteiger partial charge in [0.2, 0.25) is 0 Å². The van der Waals surface area contributed by atoms with Crippen LogP contribution in [0.2, 0.25) is 0 Å². The van der Waals surface area contributed by atoms with Crippen molar-refractivity contribution < 1.29 is 19.0 Å². The van der Waals surface area contributed by atoms with Crippen LogP contribution in [-0.2, 0) is 16.1 Å². The molecule has 20 heavy (non-hydrogen) atoms. The minimum Gasteiger partial charge on any atom is -0.497 e. The van der Waals surface area contributed by atoms with Crippen molar-refractivity contribution in [2.24, 2.45) is 0 Å². The SMILES string of the molecule is CCOC(=O)C(CC)Oc1cc(OC)ccc1CNC. The van der Waals surface area contributed by atoms with Gasteiger partial charge in [0.05, 0.1) is 13.7 Å². The smallest absolute Gasteiger partial charge is 0.347 e. The first kappa shape index (κ1) is 16.3. The highest BCUT2D eigenvalue weighted by molar-refractivity contribution is 5.75. The van der Waals surface area contributed by atoms with Crippen molar-refractivity contribution in [2.75, 3.05) is 20.8 Å². The van der Waals surface area contributed by atoms with Gasteiger partial charge in [0, 0.05) is 18.2 Å². The number of nitrogens with one attached hydrogen (secondary N) is 1. The molecule has 0 saturated heterocycles. The third kappa shape index (κ3) is 4.42. The number of hydrogen-bond donors (Lipinski definition) is 1. The van der Waals surface area contributed by atoms with Crippen LogP contribution in [0.4, 0.5) is 0 Å². The molecule has 0 aliphatic carbocycles. The quantitative estimate of drug-likeness (QED) is 0.740. The Morgan fingerprint density at radius 3 is 2.65 bits per heavy atom. The number of ether oxygens (including phenoxy) is 3. The topological polar surface area (TPSA) is 56.8 Å². The molecule has 0 aliphatic heterocycles. The molecule has 1 rings (SSSR count). The molecular weight excluding hydrogens is 258 g/mol. The third-order valence-corrected chi connectivity index (χ3v) is 2.83. The first-order valence-corrected chi connectivity index (χ1v) is 6.81. The molecule has 1 N–H and O–H groups in total. The molecule has 0 amide bonds. The van der Waals surface area contributed by atoms with Crippen molar-refractivity contribution in [1.82, 2.24) is 5.32 Å². The summed E-state index contributed by atoms with van der Waals surface area (Å²) in [5.41, 5.74) is 0.969. The Kier molecular flexibility index (Phi) is 6.87. The van der Waals surface area contributed by atoms with E-state index in [1.54, 1.807) is 20.1 Å². The van der Waals surface area contributed by atoms with Crippen molar-refractivity contribution >= 4 is 5.97 Å². The second kappa shape index (κ2) is 8.43. The minimum absolute atomic E-state index is 0.340. The summed E-state index contributed by atoms with van der Waals surface area (Å²) in [7, 11) is 3.45. The number of carbonyl (C=O) groups excluding carboxylic acids is 1. The molecule has 1 aromatic carbocycles. The fraction of sp³-hybridized carbons (Fsp3) is 0.533. The van der Waals surface area contributed by atoms with E-state index in [1.165, 1.54) is 0 Å². The lowest BCUT2D eigenvalue weighted by Gasteiger charge is -2.19. The summed E-state index contributed by atoms with van der Waals surface area (Å²) in [6.45, 7) is 4.67. The minimum atomic E-state index is -0.599. The Morgan fingerprint density at radius 2 is 2.10 bits per heavy atom. The predicted molar refractivity (Wildman–Crippen MR) is 77.1 cm³/mol. The van der Waals surface area contributed by atoms with Gasteiger partial charge >= 0.3 is 5.97 Å². The highest BCUT2D eigenvalue weighted by Gasteiger charge is 2.21. The maximum Gasteiger partial charge on any atom is 0.347 e. The van der Waals surface area contributed by atoms with Crippen LogP contribution in [0.25, 0.3) is 0 Å². The number of rotatable bonds is 8. The van der Waals surface area contributed by atoms with Gasteiger partial charge in [0.1, 0.15) is 11.5 Å². The van der Waals surface area contributed by atoms with E-state index in [9.17, 15) is 4.79 Å². The largest absolute Gasteiger partial charge is 0.497 e. The van der Waals surface area contributed by atoms with Gasteiger partial charge in [-0.2, -0.15) is 0 Å². The van der Waals surface area contributed by atoms with Crippen molar-refractivity contribution in [3.63, 3.8) is 0 Å². The lowest BCUT2D eigenvalue weighted by Crippen LogP contribution is -2.29. The Labute approximate surface area is 120 Å². The zero-order valence-electron chi connectivity index (χ0n) is 12.6. The van der Waals surface area contributed by atoms with Gasteiger partial charge in [-0.05, 0) is 26.5 Å². The molecule has 0 spiro atoms. The molecule has 0 aromatic heterocycles. The second-order valence-corrected chi connectivity index (χ2v) is 4.27. The summed E-state index contributed by atoms with van der Waals surface area (Å²) in [5.74, 6) is 0.991. The van der Waals surface area contributed by atoms with Crippen LogP contribution in [0.3, 0.4) is 0 Å². The second-order valence-electron chi connectivity index (χ2n) is 4.27. The zero-order valence-corrected chi connectivity index (χ0v) is 12.6. The fourth-order valence-corrected chi connectivity index (χ4v) is 1.79. The average Bonchev–Trinajstić information content (AvgIpc) is 2.46. The molecule has 0 aliphatic rings. The summed E-state index contributed by atoms with van der Waals surface area (Å²) < 4.78 is 16.0. The third-order valence-electron chi connectivity index (χ3n) is 2.83. The first-order chi connectivity index (χ1) is 9.65. The van der Waals surface area contributed by atoms with E-state index in [4.69, 9.17) is 14.2 Å². The molecule has 0 fully saturated rings. The Bertz CT molecular complexity index is 434. The van der Waals surface area contributed by atoms with Crippen LogP contribution in [0.1, 0.15) is 25.8 Å². The van der Waals surface area contributed by atoms with Crippen LogP contribution in [-0.4, -0.2) is 32.8 Å². The van der Waals surface area contributed by atoms with Gasteiger partial charge in [0.25, 0.3) is 0 Å². The van der Waals surface area contributed by atoms with E-state index in [-0.39, 0.29) is 5.97 Å². The van der Waals surface area contributed by atoms with E-state index in [0.717, 1.165) is 5.56 Å². The van der Waals surface area contributed by atoms with Gasteiger partial charge in [-0.25, -0.2) is 4.79 Å². The maximum atomic E-state index is 11.8. The van der Waals surface area contributed by atoms with E-state index >= 15 is 0 Å². The average molecular weight is 281 g/mol. The number of carbonyl (C=O) groups is 1. The molecule has 0 saturated carbocycles. The zero-order chi connectivity index (χ0) is 15.0. The highest BCUT2D eigenvalue weighted by atomic mass is 16.6. The lowest BCUT2D eigenvalue weighted by molar-refractivity contribution is -0.151. The molecule has 1 atom stereocenters. The van der Waals surface area contributed by atoms with Crippen molar-refractivity contribution in [2.45, 2.75) is 32.9 Å². The van der Waals surface area contributed by atoms with E-state index < -0.39 is 6.10 Å². The van der Waals surface area contributed by atoms with Crippen LogP contribution >= 0.6 is 0 Å². The molecule has 1 unspecified atom stereocenters. The highest BCUT2D eigenvalue weighted by Crippen LogP contribution is 2.26. The maximum absolute atomic E-state index is 11.8. The van der Waals surface area contributed by atoms with Crippen LogP contribution in [0, 0.1) is 0 Å². The van der Waals surface area contributed by atoms with Crippen molar-refractivity contribution in [3.05, 3.63) is 23.8 Å². The summed E-state index contributed by atoms with van der Waals surface area (Å²) in [6.07, 6.45) is -0.0488. The van der Waals surface area contributed by atoms with E-state index in [0.29, 0.717) is 31.1 Å². The molecule has 5 heteroatoms. The van der Waals surface area contributed by atoms with Gasteiger partial charge < -0.3 is 19.5 Å². The number of benzene rings is 1. The van der Waals surface area contributed by atoms with Crippen molar-refractivity contribution in [1.29, 1.82) is 0 Å². The van der Waals surface area contributed by atoms with Gasteiger partial charge in [-0.3, -0.25) is 0 Å². The Morgan fingerprint density at radius 1 is 1.35 bits per heavy atom. The Hall–Kier alpha value is -1.75. The molecule has 5 nitrogen and oxygen atoms in total. The molecule has 0 radical (unpaired) electrons. The standard InChI is InChI=1S/C15H23NO4/c1-5-13(15(17)19-6-2)20-14-9-12(18-4)8-7-11(14)10-16-3/h7-9,13,16H,5-6,10H2,1-4H3. The molecule has 112 valence electrons. The summed E-state index contributed by atoms with van der Waals surface area (Å²) >= 11 is 0. The molecule has 0 heterocycles. The molecule has 0 bridgehead atoms. The monoisotopic (exact) mass is 281 g/mol. The molecular formula is C15H23NO4. The van der Waals surface area contributed by atoms with Crippen LogP contribution in [0.5, 0.6) is 11.5 Å². The van der Waals surface area contributed by atoms with Crippen molar-refractivity contribution in [3.8, 4) is 11.5 Å². The molecule has 1 aromatic rings. The summed E-state index contributed by atoms with van der Waals surface area (Å²) in [6, 6.07) is 5.57. The number of hydrogen-bond acceptors (Lipinski definition) is 5. The van der Waals surface area contributed by atoms with Gasteiger partial charge in [-0.15, -0.1) is 0 Å². The predicted octanol–water partition coefficient (Wildman–Crippen LogP) is 2.14. The summed E-state index contributed by atoms with van der Waals surface area (Å²) in [4.78, 5) is 11.8.